The molecule has 1 aliphatic rings. The number of hydrogen-bond acceptors (Lipinski definition) is 6. The molecule has 1 saturated heterocycles. The molecule has 0 radical (unpaired) electrons. The second-order valence-electron chi connectivity index (χ2n) is 5.69. The van der Waals surface area contributed by atoms with Gasteiger partial charge in [-0.05, 0) is 43.4 Å². The number of nitrogens with zero attached hydrogens (tertiary/aromatic N) is 6. The molecule has 6 nitrogen and oxygen atoms in total. The number of aromatic nitrogens is 4. The van der Waals surface area contributed by atoms with Gasteiger partial charge in [-0.3, -0.25) is 4.98 Å². The minimum absolute atomic E-state index is 0.757. The van der Waals surface area contributed by atoms with E-state index in [0.29, 0.717) is 0 Å². The monoisotopic (exact) mass is 298 g/mol. The second-order valence-corrected chi connectivity index (χ2v) is 5.69. The SMILES string of the molecule is CN(CCc1ccncc1)c1cnnc(N2CCCCC2)n1. The third kappa shape index (κ3) is 3.69. The van der Waals surface area contributed by atoms with E-state index >= 15 is 0 Å². The van der Waals surface area contributed by atoms with Crippen molar-refractivity contribution in [2.75, 3.05) is 36.5 Å². The Kier molecular flexibility index (Phi) is 4.78. The van der Waals surface area contributed by atoms with Crippen molar-refractivity contribution >= 4 is 11.8 Å². The molecule has 0 saturated carbocycles. The Morgan fingerprint density at radius 1 is 1.14 bits per heavy atom. The smallest absolute Gasteiger partial charge is 0.247 e. The zero-order valence-electron chi connectivity index (χ0n) is 13.0. The van der Waals surface area contributed by atoms with Crippen LogP contribution in [0.3, 0.4) is 0 Å². The van der Waals surface area contributed by atoms with Crippen molar-refractivity contribution < 1.29 is 0 Å². The maximum absolute atomic E-state index is 4.67. The zero-order valence-corrected chi connectivity index (χ0v) is 13.0. The van der Waals surface area contributed by atoms with Crippen LogP contribution in [0.4, 0.5) is 11.8 Å². The molecule has 0 aromatic carbocycles. The van der Waals surface area contributed by atoms with Gasteiger partial charge in [-0.15, -0.1) is 5.10 Å². The van der Waals surface area contributed by atoms with Crippen molar-refractivity contribution in [3.05, 3.63) is 36.3 Å². The summed E-state index contributed by atoms with van der Waals surface area (Å²) in [7, 11) is 2.05. The van der Waals surface area contributed by atoms with E-state index in [0.717, 1.165) is 37.8 Å². The standard InChI is InChI=1S/C16H22N6/c1-21(12-7-14-5-8-17-9-6-14)15-13-18-20-16(19-15)22-10-3-2-4-11-22/h5-6,8-9,13H,2-4,7,10-12H2,1H3. The van der Waals surface area contributed by atoms with Gasteiger partial charge in [0.2, 0.25) is 5.95 Å². The highest BCUT2D eigenvalue weighted by atomic mass is 15.3. The van der Waals surface area contributed by atoms with Crippen molar-refractivity contribution in [3.63, 3.8) is 0 Å². The topological polar surface area (TPSA) is 58.0 Å². The molecule has 6 heteroatoms. The van der Waals surface area contributed by atoms with Gasteiger partial charge in [0.15, 0.2) is 5.82 Å². The summed E-state index contributed by atoms with van der Waals surface area (Å²) in [5.74, 6) is 1.64. The first-order valence-electron chi connectivity index (χ1n) is 7.87. The van der Waals surface area contributed by atoms with Crippen LogP contribution in [0.5, 0.6) is 0 Å². The van der Waals surface area contributed by atoms with Crippen molar-refractivity contribution in [2.24, 2.45) is 0 Å². The van der Waals surface area contributed by atoms with Gasteiger partial charge in [0.05, 0.1) is 6.20 Å². The second kappa shape index (κ2) is 7.15. The largest absolute Gasteiger partial charge is 0.358 e. The molecule has 1 aliphatic heterocycles. The maximum Gasteiger partial charge on any atom is 0.247 e. The Morgan fingerprint density at radius 3 is 2.68 bits per heavy atom. The summed E-state index contributed by atoms with van der Waals surface area (Å²) in [6.45, 7) is 2.96. The van der Waals surface area contributed by atoms with E-state index in [4.69, 9.17) is 0 Å². The molecule has 2 aromatic heterocycles. The molecule has 0 bridgehead atoms. The van der Waals surface area contributed by atoms with Crippen molar-refractivity contribution in [1.29, 1.82) is 0 Å². The van der Waals surface area contributed by atoms with Crippen LogP contribution in [-0.4, -0.2) is 46.8 Å². The number of pyridine rings is 1. The van der Waals surface area contributed by atoms with Crippen LogP contribution in [0.15, 0.2) is 30.7 Å². The van der Waals surface area contributed by atoms with Gasteiger partial charge in [-0.25, -0.2) is 0 Å². The third-order valence-electron chi connectivity index (χ3n) is 4.05. The minimum atomic E-state index is 0.757. The van der Waals surface area contributed by atoms with Crippen LogP contribution in [0, 0.1) is 0 Å². The lowest BCUT2D eigenvalue weighted by Crippen LogP contribution is -2.32. The Morgan fingerprint density at radius 2 is 1.91 bits per heavy atom. The van der Waals surface area contributed by atoms with E-state index in [2.05, 4.69) is 30.0 Å². The molecule has 22 heavy (non-hydrogen) atoms. The highest BCUT2D eigenvalue weighted by molar-refractivity contribution is 5.41. The minimum Gasteiger partial charge on any atom is -0.358 e. The average molecular weight is 298 g/mol. The predicted octanol–water partition coefficient (Wildman–Crippen LogP) is 1.94. The van der Waals surface area contributed by atoms with Crippen LogP contribution < -0.4 is 9.80 Å². The molecule has 3 rings (SSSR count). The van der Waals surface area contributed by atoms with Crippen LogP contribution in [0.1, 0.15) is 24.8 Å². The van der Waals surface area contributed by atoms with Crippen LogP contribution in [0.25, 0.3) is 0 Å². The highest BCUT2D eigenvalue weighted by Crippen LogP contribution is 2.17. The number of hydrogen-bond donors (Lipinski definition) is 0. The number of rotatable bonds is 5. The summed E-state index contributed by atoms with van der Waals surface area (Å²) in [5, 5.41) is 8.32. The Bertz CT molecular complexity index is 582. The molecule has 0 amide bonds. The van der Waals surface area contributed by atoms with Crippen LogP contribution >= 0.6 is 0 Å². The quantitative estimate of drug-likeness (QED) is 0.841. The molecule has 1 fully saturated rings. The molecule has 2 aromatic rings. The fourth-order valence-corrected chi connectivity index (χ4v) is 2.66. The van der Waals surface area contributed by atoms with Gasteiger partial charge < -0.3 is 9.80 Å². The van der Waals surface area contributed by atoms with Gasteiger partial charge in [-0.1, -0.05) is 0 Å². The number of likely N-dealkylation sites (N-methyl/N-ethyl adjacent to an activating group) is 1. The van der Waals surface area contributed by atoms with E-state index in [1.54, 1.807) is 6.20 Å². The zero-order chi connectivity index (χ0) is 15.2. The fourth-order valence-electron chi connectivity index (χ4n) is 2.66. The average Bonchev–Trinajstić information content (AvgIpc) is 2.61. The molecule has 0 atom stereocenters. The van der Waals surface area contributed by atoms with Crippen LogP contribution in [0.2, 0.25) is 0 Å². The Labute approximate surface area is 131 Å². The lowest BCUT2D eigenvalue weighted by molar-refractivity contribution is 0.565. The van der Waals surface area contributed by atoms with E-state index in [-0.39, 0.29) is 0 Å². The summed E-state index contributed by atoms with van der Waals surface area (Å²) in [5.41, 5.74) is 1.28. The van der Waals surface area contributed by atoms with E-state index in [1.807, 2.05) is 31.6 Å². The fraction of sp³-hybridized carbons (Fsp3) is 0.500. The van der Waals surface area contributed by atoms with Crippen molar-refractivity contribution in [2.45, 2.75) is 25.7 Å². The first-order valence-corrected chi connectivity index (χ1v) is 7.87. The summed E-state index contributed by atoms with van der Waals surface area (Å²) in [6, 6.07) is 4.09. The Hall–Kier alpha value is -2.24. The summed E-state index contributed by atoms with van der Waals surface area (Å²) in [6.07, 6.45) is 10.1. The van der Waals surface area contributed by atoms with Gasteiger partial charge >= 0.3 is 0 Å². The van der Waals surface area contributed by atoms with Crippen LogP contribution in [-0.2, 0) is 6.42 Å². The molecule has 0 aliphatic carbocycles. The Balaban J connectivity index is 1.63. The van der Waals surface area contributed by atoms with Gasteiger partial charge in [0.1, 0.15) is 0 Å². The summed E-state index contributed by atoms with van der Waals surface area (Å²) in [4.78, 5) is 13.1. The lowest BCUT2D eigenvalue weighted by atomic mass is 10.1. The van der Waals surface area contributed by atoms with Gasteiger partial charge in [0, 0.05) is 39.1 Å². The molecule has 0 N–H and O–H groups in total. The third-order valence-corrected chi connectivity index (χ3v) is 4.05. The van der Waals surface area contributed by atoms with Gasteiger partial charge in [0.25, 0.3) is 0 Å². The molecular weight excluding hydrogens is 276 g/mol. The number of piperidine rings is 1. The van der Waals surface area contributed by atoms with E-state index in [1.165, 1.54) is 24.8 Å². The normalized spacial score (nSPS) is 14.9. The number of anilines is 2. The molecule has 0 spiro atoms. The summed E-state index contributed by atoms with van der Waals surface area (Å²) < 4.78 is 0. The summed E-state index contributed by atoms with van der Waals surface area (Å²) >= 11 is 0. The van der Waals surface area contributed by atoms with E-state index in [9.17, 15) is 0 Å². The predicted molar refractivity (Wildman–Crippen MR) is 87.1 cm³/mol. The first kappa shape index (κ1) is 14.7. The maximum atomic E-state index is 4.67. The highest BCUT2D eigenvalue weighted by Gasteiger charge is 2.15. The van der Waals surface area contributed by atoms with E-state index < -0.39 is 0 Å². The molecule has 0 unspecified atom stereocenters. The first-order chi connectivity index (χ1) is 10.8. The lowest BCUT2D eigenvalue weighted by Gasteiger charge is -2.27. The molecule has 116 valence electrons. The van der Waals surface area contributed by atoms with Crippen molar-refractivity contribution in [3.8, 4) is 0 Å². The van der Waals surface area contributed by atoms with Gasteiger partial charge in [-0.2, -0.15) is 10.1 Å². The molecule has 3 heterocycles. The molecular formula is C16H22N6. The van der Waals surface area contributed by atoms with Crippen molar-refractivity contribution in [1.82, 2.24) is 20.2 Å².